The van der Waals surface area contributed by atoms with Crippen molar-refractivity contribution >= 4 is 22.5 Å². The fraction of sp³-hybridized carbons (Fsp3) is 0.465. The van der Waals surface area contributed by atoms with E-state index in [1.165, 1.54) is 35.6 Å². The van der Waals surface area contributed by atoms with Gasteiger partial charge in [-0.3, -0.25) is 4.90 Å². The standard InChI is InChI=1S/C43H51N3O4/c1-27-39(25-46(3)28(2)36-13-12-33-6-4-5-7-37(33)21-36)49-41(50-40(27)34-10-8-29(26-47)9-11-34)35-14-16-38(17-15-35)44-42(48)45-43-22-30-18-31(23-43)20-32(19-30)24-43/h4-17,21,27-28,30-32,39-41,47H,18-20,22-26H2,1-3H3,(H2,44,45,48). The van der Waals surface area contributed by atoms with E-state index in [0.717, 1.165) is 65.9 Å². The predicted molar refractivity (Wildman–Crippen MR) is 197 cm³/mol. The zero-order valence-electron chi connectivity index (χ0n) is 29.6. The molecule has 4 aliphatic carbocycles. The van der Waals surface area contributed by atoms with Crippen LogP contribution < -0.4 is 10.6 Å². The number of likely N-dealkylation sites (N-methyl/N-ethyl adjacent to an activating group) is 1. The molecule has 5 atom stereocenters. The molecule has 5 aliphatic rings. The molecule has 1 aliphatic heterocycles. The second-order valence-corrected chi connectivity index (χ2v) is 15.9. The Kier molecular flexibility index (Phi) is 9.19. The van der Waals surface area contributed by atoms with Crippen LogP contribution in [0, 0.1) is 23.7 Å². The smallest absolute Gasteiger partial charge is 0.319 e. The van der Waals surface area contributed by atoms with Crippen molar-refractivity contribution in [3.05, 3.63) is 113 Å². The van der Waals surface area contributed by atoms with Gasteiger partial charge in [0, 0.05) is 35.3 Å². The number of carbonyl (C=O) groups is 1. The summed E-state index contributed by atoms with van der Waals surface area (Å²) in [6, 6.07) is 31.3. The highest BCUT2D eigenvalue weighted by Crippen LogP contribution is 2.55. The molecule has 1 saturated heterocycles. The highest BCUT2D eigenvalue weighted by Gasteiger charge is 2.51. The van der Waals surface area contributed by atoms with E-state index < -0.39 is 6.29 Å². The molecular formula is C43H51N3O4. The topological polar surface area (TPSA) is 83.1 Å². The number of rotatable bonds is 9. The van der Waals surface area contributed by atoms with Crippen molar-refractivity contribution in [2.24, 2.45) is 23.7 Å². The minimum absolute atomic E-state index is 0.00806. The van der Waals surface area contributed by atoms with E-state index in [4.69, 9.17) is 9.47 Å². The molecule has 262 valence electrons. The Morgan fingerprint density at radius 3 is 2.16 bits per heavy atom. The molecule has 0 spiro atoms. The van der Waals surface area contributed by atoms with Crippen LogP contribution in [-0.2, 0) is 16.1 Å². The van der Waals surface area contributed by atoms with Gasteiger partial charge in [0.1, 0.15) is 0 Å². The lowest BCUT2D eigenvalue weighted by molar-refractivity contribution is -0.276. The van der Waals surface area contributed by atoms with Gasteiger partial charge in [-0.2, -0.15) is 0 Å². The maximum atomic E-state index is 13.2. The first-order valence-corrected chi connectivity index (χ1v) is 18.6. The zero-order chi connectivity index (χ0) is 34.4. The van der Waals surface area contributed by atoms with Crippen molar-refractivity contribution in [2.45, 2.75) is 89.1 Å². The summed E-state index contributed by atoms with van der Waals surface area (Å²) in [4.78, 5) is 15.6. The fourth-order valence-corrected chi connectivity index (χ4v) is 9.88. The molecule has 2 amide bonds. The lowest BCUT2D eigenvalue weighted by Crippen LogP contribution is -2.60. The number of urea groups is 1. The number of nitrogens with zero attached hydrogens (tertiary/aromatic N) is 1. The van der Waals surface area contributed by atoms with E-state index in [-0.39, 0.29) is 42.3 Å². The summed E-state index contributed by atoms with van der Waals surface area (Å²) in [6.45, 7) is 5.19. The third-order valence-corrected chi connectivity index (χ3v) is 12.4. The molecule has 4 aromatic carbocycles. The van der Waals surface area contributed by atoms with Crippen molar-refractivity contribution in [3.8, 4) is 0 Å². The zero-order valence-corrected chi connectivity index (χ0v) is 29.6. The highest BCUT2D eigenvalue weighted by atomic mass is 16.7. The average molecular weight is 674 g/mol. The van der Waals surface area contributed by atoms with Crippen LogP contribution in [0.2, 0.25) is 0 Å². The van der Waals surface area contributed by atoms with E-state index in [9.17, 15) is 9.90 Å². The second kappa shape index (κ2) is 13.8. The van der Waals surface area contributed by atoms with E-state index in [2.05, 4.69) is 91.0 Å². The van der Waals surface area contributed by atoms with Crippen molar-refractivity contribution in [1.82, 2.24) is 10.2 Å². The van der Waals surface area contributed by atoms with Crippen LogP contribution in [0.5, 0.6) is 0 Å². The van der Waals surface area contributed by atoms with Crippen LogP contribution in [-0.4, -0.2) is 41.3 Å². The molecule has 7 nitrogen and oxygen atoms in total. The Morgan fingerprint density at radius 1 is 0.860 bits per heavy atom. The number of anilines is 1. The summed E-state index contributed by atoms with van der Waals surface area (Å²) in [7, 11) is 2.17. The SMILES string of the molecule is CC1C(CN(C)C(C)c2ccc3ccccc3c2)OC(c2ccc(NC(=O)NC34CC5CC(CC(C5)C3)C4)cc2)OC1c1ccc(CO)cc1. The Bertz CT molecular complexity index is 1770. The lowest BCUT2D eigenvalue weighted by Gasteiger charge is -2.56. The molecule has 9 rings (SSSR count). The van der Waals surface area contributed by atoms with Crippen molar-refractivity contribution < 1.29 is 19.4 Å². The molecule has 0 radical (unpaired) electrons. The number of ether oxygens (including phenoxy) is 2. The average Bonchev–Trinajstić information content (AvgIpc) is 3.11. The molecular weight excluding hydrogens is 622 g/mol. The largest absolute Gasteiger partial charge is 0.392 e. The summed E-state index contributed by atoms with van der Waals surface area (Å²) in [5.41, 5.74) is 4.86. The van der Waals surface area contributed by atoms with Gasteiger partial charge in [-0.15, -0.1) is 0 Å². The molecule has 1 heterocycles. The number of aliphatic hydroxyl groups excluding tert-OH is 1. The Balaban J connectivity index is 0.975. The fourth-order valence-electron chi connectivity index (χ4n) is 9.88. The molecule has 5 unspecified atom stereocenters. The van der Waals surface area contributed by atoms with E-state index in [0.29, 0.717) is 0 Å². The van der Waals surface area contributed by atoms with Crippen molar-refractivity contribution in [2.75, 3.05) is 18.9 Å². The van der Waals surface area contributed by atoms with Crippen molar-refractivity contribution in [1.29, 1.82) is 0 Å². The van der Waals surface area contributed by atoms with Crippen LogP contribution in [0.1, 0.15) is 93.1 Å². The van der Waals surface area contributed by atoms with Gasteiger partial charge in [-0.05, 0) is 116 Å². The van der Waals surface area contributed by atoms with Gasteiger partial charge < -0.3 is 25.2 Å². The van der Waals surface area contributed by atoms with Crippen LogP contribution in [0.4, 0.5) is 10.5 Å². The highest BCUT2D eigenvalue weighted by molar-refractivity contribution is 5.89. The minimum Gasteiger partial charge on any atom is -0.392 e. The van der Waals surface area contributed by atoms with E-state index >= 15 is 0 Å². The third kappa shape index (κ3) is 6.81. The second-order valence-electron chi connectivity index (χ2n) is 15.9. The number of amides is 2. The van der Waals surface area contributed by atoms with Gasteiger partial charge in [-0.25, -0.2) is 4.79 Å². The number of benzene rings is 4. The summed E-state index contributed by atoms with van der Waals surface area (Å²) in [6.07, 6.45) is 6.56. The van der Waals surface area contributed by atoms with Gasteiger partial charge in [0.25, 0.3) is 0 Å². The molecule has 4 bridgehead atoms. The number of aliphatic hydroxyl groups is 1. The molecule has 50 heavy (non-hydrogen) atoms. The first-order valence-electron chi connectivity index (χ1n) is 18.6. The minimum atomic E-state index is -0.571. The molecule has 4 saturated carbocycles. The number of hydrogen-bond acceptors (Lipinski definition) is 5. The number of fused-ring (bicyclic) bond motifs is 1. The van der Waals surface area contributed by atoms with Gasteiger partial charge >= 0.3 is 6.03 Å². The maximum Gasteiger partial charge on any atom is 0.319 e. The number of carbonyl (C=O) groups excluding carboxylic acids is 1. The van der Waals surface area contributed by atoms with Gasteiger partial charge in [-0.1, -0.05) is 79.7 Å². The van der Waals surface area contributed by atoms with Gasteiger partial charge in [0.05, 0.1) is 18.8 Å². The quantitative estimate of drug-likeness (QED) is 0.165. The van der Waals surface area contributed by atoms with Crippen molar-refractivity contribution in [3.63, 3.8) is 0 Å². The maximum absolute atomic E-state index is 13.2. The van der Waals surface area contributed by atoms with Gasteiger partial charge in [0.2, 0.25) is 0 Å². The van der Waals surface area contributed by atoms with Crippen LogP contribution in [0.25, 0.3) is 10.8 Å². The monoisotopic (exact) mass is 673 g/mol. The normalized spacial score (nSPS) is 30.8. The molecule has 3 N–H and O–H groups in total. The molecule has 0 aromatic heterocycles. The van der Waals surface area contributed by atoms with Gasteiger partial charge in [0.15, 0.2) is 6.29 Å². The van der Waals surface area contributed by atoms with E-state index in [1.54, 1.807) is 0 Å². The Hall–Kier alpha value is -3.75. The molecule has 7 heteroatoms. The van der Waals surface area contributed by atoms with E-state index in [1.807, 2.05) is 36.4 Å². The molecule has 5 fully saturated rings. The summed E-state index contributed by atoms with van der Waals surface area (Å²) in [5.74, 6) is 2.41. The molecule has 4 aromatic rings. The Morgan fingerprint density at radius 2 is 1.50 bits per heavy atom. The third-order valence-electron chi connectivity index (χ3n) is 12.4. The van der Waals surface area contributed by atoms with Crippen LogP contribution in [0.15, 0.2) is 91.0 Å². The summed E-state index contributed by atoms with van der Waals surface area (Å²) >= 11 is 0. The number of nitrogens with one attached hydrogen (secondary N) is 2. The number of hydrogen-bond donors (Lipinski definition) is 3. The summed E-state index contributed by atoms with van der Waals surface area (Å²) < 4.78 is 13.5. The summed E-state index contributed by atoms with van der Waals surface area (Å²) in [5, 5.41) is 18.7. The first-order chi connectivity index (χ1) is 24.2. The predicted octanol–water partition coefficient (Wildman–Crippen LogP) is 8.91. The van der Waals surface area contributed by atoms with Crippen LogP contribution in [0.3, 0.4) is 0 Å². The van der Waals surface area contributed by atoms with Crippen LogP contribution >= 0.6 is 0 Å². The lowest BCUT2D eigenvalue weighted by atomic mass is 9.53. The Labute approximate surface area is 296 Å². The first kappa shape index (κ1) is 33.4.